The Labute approximate surface area is 132 Å². The van der Waals surface area contributed by atoms with Gasteiger partial charge in [0, 0.05) is 12.8 Å². The molecule has 0 bridgehead atoms. The molecule has 1 rings (SSSR count). The molecule has 0 N–H and O–H groups in total. The van der Waals surface area contributed by atoms with E-state index < -0.39 is 0 Å². The predicted octanol–water partition coefficient (Wildman–Crippen LogP) is 6.93. The molecule has 1 saturated heterocycles. The molecule has 1 fully saturated rings. The molecule has 21 heavy (non-hydrogen) atoms. The van der Waals surface area contributed by atoms with Gasteiger partial charge in [-0.2, -0.15) is 9.78 Å². The molecular weight excluding hydrogens is 260 g/mol. The van der Waals surface area contributed by atoms with Gasteiger partial charge in [0.05, 0.1) is 0 Å². The number of unbranched alkanes of at least 4 members (excludes halogenated alkanes) is 12. The van der Waals surface area contributed by atoms with E-state index in [1.807, 2.05) is 0 Å². The van der Waals surface area contributed by atoms with E-state index in [9.17, 15) is 0 Å². The Kier molecular flexibility index (Phi) is 11.3. The van der Waals surface area contributed by atoms with Crippen LogP contribution in [0.15, 0.2) is 0 Å². The quantitative estimate of drug-likeness (QED) is 0.175. The molecule has 126 valence electrons. The van der Waals surface area contributed by atoms with Gasteiger partial charge >= 0.3 is 0 Å². The molecule has 0 radical (unpaired) electrons. The molecular formula is C19H38O2. The van der Waals surface area contributed by atoms with Crippen molar-refractivity contribution in [3.8, 4) is 0 Å². The summed E-state index contributed by atoms with van der Waals surface area (Å²) in [4.78, 5) is 10.6. The van der Waals surface area contributed by atoms with Crippen molar-refractivity contribution >= 4 is 0 Å². The van der Waals surface area contributed by atoms with Crippen LogP contribution in [-0.2, 0) is 9.78 Å². The number of hydrogen-bond donors (Lipinski definition) is 0. The maximum Gasteiger partial charge on any atom is 0.234 e. The van der Waals surface area contributed by atoms with Crippen LogP contribution in [0, 0.1) is 0 Å². The first-order valence-corrected chi connectivity index (χ1v) is 9.70. The van der Waals surface area contributed by atoms with Crippen LogP contribution >= 0.6 is 0 Å². The van der Waals surface area contributed by atoms with Crippen molar-refractivity contribution in [2.24, 2.45) is 0 Å². The summed E-state index contributed by atoms with van der Waals surface area (Å²) in [7, 11) is 0. The first kappa shape index (κ1) is 19.0. The monoisotopic (exact) mass is 298 g/mol. The number of rotatable bonds is 16. The van der Waals surface area contributed by atoms with Gasteiger partial charge in [-0.1, -0.05) is 90.9 Å². The van der Waals surface area contributed by atoms with Gasteiger partial charge in [-0.15, -0.1) is 0 Å². The topological polar surface area (TPSA) is 25.1 Å². The molecule has 0 aromatic heterocycles. The zero-order chi connectivity index (χ0) is 15.2. The summed E-state index contributed by atoms with van der Waals surface area (Å²) in [6.07, 6.45) is 21.3. The van der Waals surface area contributed by atoms with Gasteiger partial charge in [0.1, 0.15) is 0 Å². The Morgan fingerprint density at radius 3 is 1.14 bits per heavy atom. The summed E-state index contributed by atoms with van der Waals surface area (Å²) in [6.45, 7) is 4.55. The fourth-order valence-corrected chi connectivity index (χ4v) is 3.05. The molecule has 1 aliphatic rings. The lowest BCUT2D eigenvalue weighted by Crippen LogP contribution is -2.10. The average Bonchev–Trinajstić information content (AvgIpc) is 3.26. The standard InChI is InChI=1S/C19H38O2/c1-3-5-7-9-11-13-15-17-19(20-21-19)18-16-14-12-10-8-6-4-2/h3-18H2,1-2H3. The zero-order valence-corrected chi connectivity index (χ0v) is 14.6. The highest BCUT2D eigenvalue weighted by Gasteiger charge is 2.47. The van der Waals surface area contributed by atoms with Crippen molar-refractivity contribution in [3.05, 3.63) is 0 Å². The molecule has 0 amide bonds. The van der Waals surface area contributed by atoms with Gasteiger partial charge in [0.15, 0.2) is 0 Å². The predicted molar refractivity (Wildman–Crippen MR) is 90.1 cm³/mol. The van der Waals surface area contributed by atoms with Crippen molar-refractivity contribution < 1.29 is 9.78 Å². The van der Waals surface area contributed by atoms with Crippen molar-refractivity contribution in [2.75, 3.05) is 0 Å². The minimum absolute atomic E-state index is 0.160. The highest BCUT2D eigenvalue weighted by molar-refractivity contribution is 4.74. The van der Waals surface area contributed by atoms with Gasteiger partial charge in [-0.05, 0) is 12.8 Å². The Bertz CT molecular complexity index is 204. The molecule has 2 nitrogen and oxygen atoms in total. The zero-order valence-electron chi connectivity index (χ0n) is 14.6. The number of hydrogen-bond acceptors (Lipinski definition) is 2. The van der Waals surface area contributed by atoms with E-state index in [2.05, 4.69) is 13.8 Å². The van der Waals surface area contributed by atoms with Crippen LogP contribution < -0.4 is 0 Å². The van der Waals surface area contributed by atoms with Gasteiger partial charge in [0.2, 0.25) is 5.79 Å². The third-order valence-corrected chi connectivity index (χ3v) is 4.64. The molecule has 1 aliphatic heterocycles. The van der Waals surface area contributed by atoms with Crippen molar-refractivity contribution in [2.45, 2.75) is 122 Å². The molecule has 0 aromatic carbocycles. The van der Waals surface area contributed by atoms with Crippen LogP contribution in [0.25, 0.3) is 0 Å². The molecule has 0 aliphatic carbocycles. The van der Waals surface area contributed by atoms with Gasteiger partial charge in [-0.25, -0.2) is 0 Å². The first-order valence-electron chi connectivity index (χ1n) is 9.70. The van der Waals surface area contributed by atoms with Gasteiger partial charge in [-0.3, -0.25) is 0 Å². The highest BCUT2D eigenvalue weighted by atomic mass is 17.4. The Hall–Kier alpha value is -0.0800. The summed E-state index contributed by atoms with van der Waals surface area (Å²) < 4.78 is 0. The van der Waals surface area contributed by atoms with E-state index in [0.717, 1.165) is 12.8 Å². The molecule has 1 heterocycles. The first-order chi connectivity index (χ1) is 10.3. The van der Waals surface area contributed by atoms with E-state index >= 15 is 0 Å². The second-order valence-corrected chi connectivity index (χ2v) is 6.82. The second-order valence-electron chi connectivity index (χ2n) is 6.82. The Morgan fingerprint density at radius 2 is 0.810 bits per heavy atom. The van der Waals surface area contributed by atoms with E-state index in [1.165, 1.54) is 89.9 Å². The lowest BCUT2D eigenvalue weighted by atomic mass is 10.00. The summed E-state index contributed by atoms with van der Waals surface area (Å²) in [5.41, 5.74) is 0. The maximum atomic E-state index is 5.29. The SMILES string of the molecule is CCCCCCCCCC1(CCCCCCCCC)OO1. The van der Waals surface area contributed by atoms with E-state index in [1.54, 1.807) is 0 Å². The maximum absolute atomic E-state index is 5.29. The van der Waals surface area contributed by atoms with Gasteiger partial charge < -0.3 is 0 Å². The fraction of sp³-hybridized carbons (Fsp3) is 1.00. The van der Waals surface area contributed by atoms with Crippen LogP contribution in [0.1, 0.15) is 117 Å². The normalized spacial score (nSPS) is 16.3. The van der Waals surface area contributed by atoms with Crippen molar-refractivity contribution in [1.82, 2.24) is 0 Å². The average molecular weight is 299 g/mol. The highest BCUT2D eigenvalue weighted by Crippen LogP contribution is 2.40. The largest absolute Gasteiger partial charge is 0.234 e. The van der Waals surface area contributed by atoms with E-state index in [0.29, 0.717) is 0 Å². The lowest BCUT2D eigenvalue weighted by molar-refractivity contribution is 0.0850. The third-order valence-electron chi connectivity index (χ3n) is 4.64. The van der Waals surface area contributed by atoms with Crippen LogP contribution in [0.5, 0.6) is 0 Å². The minimum atomic E-state index is -0.160. The summed E-state index contributed by atoms with van der Waals surface area (Å²) >= 11 is 0. The van der Waals surface area contributed by atoms with Crippen LogP contribution in [0.3, 0.4) is 0 Å². The van der Waals surface area contributed by atoms with E-state index in [-0.39, 0.29) is 5.79 Å². The molecule has 2 heteroatoms. The van der Waals surface area contributed by atoms with Crippen LogP contribution in [0.2, 0.25) is 0 Å². The molecule has 0 saturated carbocycles. The smallest absolute Gasteiger partial charge is 0.195 e. The Balaban J connectivity index is 1.85. The Morgan fingerprint density at radius 1 is 0.476 bits per heavy atom. The summed E-state index contributed by atoms with van der Waals surface area (Å²) in [6, 6.07) is 0. The summed E-state index contributed by atoms with van der Waals surface area (Å²) in [5, 5.41) is 0. The second kappa shape index (κ2) is 12.5. The molecule has 0 atom stereocenters. The molecule has 0 unspecified atom stereocenters. The molecule has 0 spiro atoms. The van der Waals surface area contributed by atoms with Crippen LogP contribution in [0.4, 0.5) is 0 Å². The van der Waals surface area contributed by atoms with Crippen molar-refractivity contribution in [3.63, 3.8) is 0 Å². The van der Waals surface area contributed by atoms with Crippen molar-refractivity contribution in [1.29, 1.82) is 0 Å². The molecule has 0 aromatic rings. The third kappa shape index (κ3) is 10.3. The van der Waals surface area contributed by atoms with E-state index in [4.69, 9.17) is 9.78 Å². The van der Waals surface area contributed by atoms with Crippen LogP contribution in [-0.4, -0.2) is 5.79 Å². The van der Waals surface area contributed by atoms with Gasteiger partial charge in [0.25, 0.3) is 0 Å². The lowest BCUT2D eigenvalue weighted by Gasteiger charge is -2.07. The minimum Gasteiger partial charge on any atom is -0.195 e. The summed E-state index contributed by atoms with van der Waals surface area (Å²) in [5.74, 6) is -0.160. The fourth-order valence-electron chi connectivity index (χ4n) is 3.05.